The summed E-state index contributed by atoms with van der Waals surface area (Å²) in [6.45, 7) is 2.39. The van der Waals surface area contributed by atoms with Crippen LogP contribution in [0.2, 0.25) is 10.0 Å². The van der Waals surface area contributed by atoms with E-state index in [1.807, 2.05) is 6.92 Å². The quantitative estimate of drug-likeness (QED) is 0.492. The van der Waals surface area contributed by atoms with Gasteiger partial charge in [-0.05, 0) is 19.1 Å². The molecule has 1 aromatic rings. The van der Waals surface area contributed by atoms with E-state index in [0.717, 1.165) is 0 Å². The summed E-state index contributed by atoms with van der Waals surface area (Å²) in [5.74, 6) is 0. The van der Waals surface area contributed by atoms with E-state index in [1.165, 1.54) is 6.21 Å². The molecule has 0 aliphatic heterocycles. The molecule has 5 heteroatoms. The van der Waals surface area contributed by atoms with Gasteiger partial charge in [0, 0.05) is 5.56 Å². The van der Waals surface area contributed by atoms with Crippen LogP contribution < -0.4 is 5.59 Å². The van der Waals surface area contributed by atoms with Gasteiger partial charge in [0.1, 0.15) is 0 Å². The molecule has 0 unspecified atom stereocenters. The van der Waals surface area contributed by atoms with Gasteiger partial charge in [0.05, 0.1) is 22.9 Å². The molecule has 0 spiro atoms. The number of halogens is 2. The van der Waals surface area contributed by atoms with Gasteiger partial charge in [-0.2, -0.15) is 10.7 Å². The molecule has 76 valence electrons. The number of nitrogens with one attached hydrogen (secondary N) is 1. The van der Waals surface area contributed by atoms with Crippen molar-refractivity contribution in [2.45, 2.75) is 6.92 Å². The van der Waals surface area contributed by atoms with Crippen LogP contribution in [0.5, 0.6) is 0 Å². The van der Waals surface area contributed by atoms with E-state index in [0.29, 0.717) is 22.2 Å². The predicted octanol–water partition coefficient (Wildman–Crippen LogP) is 2.87. The largest absolute Gasteiger partial charge is 0.259 e. The van der Waals surface area contributed by atoms with Crippen molar-refractivity contribution in [2.75, 3.05) is 6.61 Å². The Morgan fingerprint density at radius 1 is 1.43 bits per heavy atom. The van der Waals surface area contributed by atoms with Crippen molar-refractivity contribution in [3.63, 3.8) is 0 Å². The summed E-state index contributed by atoms with van der Waals surface area (Å²) in [5.41, 5.74) is 3.06. The second kappa shape index (κ2) is 5.86. The van der Waals surface area contributed by atoms with Gasteiger partial charge in [-0.1, -0.05) is 29.3 Å². The molecule has 1 N–H and O–H groups in total. The minimum absolute atomic E-state index is 0.535. The summed E-state index contributed by atoms with van der Waals surface area (Å²) in [4.78, 5) is 4.80. The van der Waals surface area contributed by atoms with E-state index >= 15 is 0 Å². The summed E-state index contributed by atoms with van der Waals surface area (Å²) >= 11 is 11.8. The molecule has 3 nitrogen and oxygen atoms in total. The van der Waals surface area contributed by atoms with Crippen LogP contribution in [-0.4, -0.2) is 12.8 Å². The molecule has 0 bridgehead atoms. The molecular formula is C9H10Cl2N2O. The van der Waals surface area contributed by atoms with Crippen LogP contribution in [0.15, 0.2) is 23.3 Å². The first-order chi connectivity index (χ1) is 6.75. The smallest absolute Gasteiger partial charge is 0.0736 e. The normalized spacial score (nSPS) is 10.8. The minimum atomic E-state index is 0.535. The maximum absolute atomic E-state index is 5.90. The van der Waals surface area contributed by atoms with Crippen LogP contribution in [0.3, 0.4) is 0 Å². The number of nitrogens with zero attached hydrogens (tertiary/aromatic N) is 1. The first kappa shape index (κ1) is 11.3. The zero-order valence-corrected chi connectivity index (χ0v) is 9.14. The highest BCUT2D eigenvalue weighted by atomic mass is 35.5. The topological polar surface area (TPSA) is 33.6 Å². The lowest BCUT2D eigenvalue weighted by molar-refractivity contribution is 0.0537. The third-order valence-corrected chi connectivity index (χ3v) is 2.11. The van der Waals surface area contributed by atoms with Crippen LogP contribution in [0.25, 0.3) is 0 Å². The Bertz CT molecular complexity index is 308. The number of hydrogen-bond donors (Lipinski definition) is 1. The fourth-order valence-electron chi connectivity index (χ4n) is 0.827. The monoisotopic (exact) mass is 232 g/mol. The van der Waals surface area contributed by atoms with E-state index in [9.17, 15) is 0 Å². The van der Waals surface area contributed by atoms with Gasteiger partial charge >= 0.3 is 0 Å². The van der Waals surface area contributed by atoms with Crippen molar-refractivity contribution < 1.29 is 4.84 Å². The molecule has 0 saturated carbocycles. The van der Waals surface area contributed by atoms with Gasteiger partial charge in [0.25, 0.3) is 0 Å². The molecule has 0 aliphatic carbocycles. The second-order valence-corrected chi connectivity index (χ2v) is 3.23. The lowest BCUT2D eigenvalue weighted by Gasteiger charge is -2.00. The van der Waals surface area contributed by atoms with Gasteiger partial charge in [0.2, 0.25) is 0 Å². The number of hydrogen-bond acceptors (Lipinski definition) is 3. The molecule has 0 saturated heterocycles. The third-order valence-electron chi connectivity index (χ3n) is 1.45. The Hall–Kier alpha value is -0.770. The average molecular weight is 233 g/mol. The van der Waals surface area contributed by atoms with E-state index in [-0.39, 0.29) is 0 Å². The van der Waals surface area contributed by atoms with Crippen molar-refractivity contribution in [3.8, 4) is 0 Å². The Morgan fingerprint density at radius 2 is 2.07 bits per heavy atom. The second-order valence-electron chi connectivity index (χ2n) is 2.42. The fourth-order valence-corrected chi connectivity index (χ4v) is 1.32. The van der Waals surface area contributed by atoms with Crippen LogP contribution in [0, 0.1) is 0 Å². The molecule has 0 atom stereocenters. The molecule has 0 aliphatic rings. The standard InChI is InChI=1S/C9H10Cl2N2O/c1-2-14-13-12-6-7-8(10)4-3-5-9(7)11/h3-6,13H,2H2,1H3. The van der Waals surface area contributed by atoms with E-state index in [4.69, 9.17) is 28.0 Å². The fraction of sp³-hybridized carbons (Fsp3) is 0.222. The Balaban J connectivity index is 2.70. The van der Waals surface area contributed by atoms with Gasteiger partial charge in [-0.15, -0.1) is 0 Å². The number of rotatable bonds is 4. The third kappa shape index (κ3) is 3.18. The molecule has 0 aromatic heterocycles. The van der Waals surface area contributed by atoms with Crippen molar-refractivity contribution in [1.29, 1.82) is 0 Å². The summed E-state index contributed by atoms with van der Waals surface area (Å²) in [5, 5.41) is 4.90. The van der Waals surface area contributed by atoms with Crippen molar-refractivity contribution in [1.82, 2.24) is 5.59 Å². The Kier molecular flexibility index (Phi) is 4.73. The Morgan fingerprint density at radius 3 is 2.64 bits per heavy atom. The zero-order chi connectivity index (χ0) is 10.4. The number of benzene rings is 1. The van der Waals surface area contributed by atoms with Crippen LogP contribution in [0.1, 0.15) is 12.5 Å². The highest BCUT2D eigenvalue weighted by Crippen LogP contribution is 2.21. The minimum Gasteiger partial charge on any atom is -0.259 e. The molecule has 1 aromatic carbocycles. The molecule has 0 amide bonds. The Labute approximate surface area is 92.6 Å². The van der Waals surface area contributed by atoms with Gasteiger partial charge in [0.15, 0.2) is 0 Å². The highest BCUT2D eigenvalue weighted by Gasteiger charge is 2.01. The van der Waals surface area contributed by atoms with Crippen LogP contribution in [0.4, 0.5) is 0 Å². The summed E-state index contributed by atoms with van der Waals surface area (Å²) in [7, 11) is 0. The van der Waals surface area contributed by atoms with Crippen molar-refractivity contribution >= 4 is 29.4 Å². The number of hydrazone groups is 1. The zero-order valence-electron chi connectivity index (χ0n) is 7.63. The molecule has 0 radical (unpaired) electrons. The van der Waals surface area contributed by atoms with E-state index in [1.54, 1.807) is 18.2 Å². The lowest BCUT2D eigenvalue weighted by atomic mass is 10.2. The van der Waals surface area contributed by atoms with E-state index in [2.05, 4.69) is 10.7 Å². The van der Waals surface area contributed by atoms with Gasteiger partial charge < -0.3 is 0 Å². The summed E-state index contributed by atoms with van der Waals surface area (Å²) in [6, 6.07) is 5.27. The molecule has 0 heterocycles. The molecular weight excluding hydrogens is 223 g/mol. The lowest BCUT2D eigenvalue weighted by Crippen LogP contribution is -2.06. The van der Waals surface area contributed by atoms with Crippen LogP contribution in [-0.2, 0) is 4.84 Å². The summed E-state index contributed by atoms with van der Waals surface area (Å²) < 4.78 is 0. The highest BCUT2D eigenvalue weighted by molar-refractivity contribution is 6.38. The summed E-state index contributed by atoms with van der Waals surface area (Å²) in [6.07, 6.45) is 1.51. The maximum Gasteiger partial charge on any atom is 0.0736 e. The molecule has 14 heavy (non-hydrogen) atoms. The van der Waals surface area contributed by atoms with Crippen molar-refractivity contribution in [3.05, 3.63) is 33.8 Å². The predicted molar refractivity (Wildman–Crippen MR) is 58.8 cm³/mol. The molecule has 0 fully saturated rings. The van der Waals surface area contributed by atoms with E-state index < -0.39 is 0 Å². The molecule has 1 rings (SSSR count). The maximum atomic E-state index is 5.90. The average Bonchev–Trinajstić information content (AvgIpc) is 2.16. The SMILES string of the molecule is CCONN=Cc1c(Cl)cccc1Cl. The van der Waals surface area contributed by atoms with Crippen molar-refractivity contribution in [2.24, 2.45) is 5.10 Å². The first-order valence-electron chi connectivity index (χ1n) is 4.09. The van der Waals surface area contributed by atoms with Gasteiger partial charge in [-0.25, -0.2) is 0 Å². The first-order valence-corrected chi connectivity index (χ1v) is 4.85. The van der Waals surface area contributed by atoms with Crippen LogP contribution >= 0.6 is 23.2 Å². The van der Waals surface area contributed by atoms with Gasteiger partial charge in [-0.3, -0.25) is 4.84 Å².